The molecule has 8 heteroatoms. The molecule has 2 unspecified atom stereocenters. The van der Waals surface area contributed by atoms with Crippen molar-refractivity contribution in [2.45, 2.75) is 25.9 Å². The lowest BCUT2D eigenvalue weighted by Crippen LogP contribution is -2.27. The topological polar surface area (TPSA) is 59.8 Å². The summed E-state index contributed by atoms with van der Waals surface area (Å²) in [6, 6.07) is 2.76. The predicted octanol–water partition coefficient (Wildman–Crippen LogP) is 3.73. The van der Waals surface area contributed by atoms with Gasteiger partial charge >= 0.3 is 6.18 Å². The normalized spacial score (nSPS) is 27.3. The van der Waals surface area contributed by atoms with Crippen molar-refractivity contribution in [3.05, 3.63) is 30.1 Å². The molecule has 2 aromatic rings. The van der Waals surface area contributed by atoms with Crippen molar-refractivity contribution < 1.29 is 18.0 Å². The Morgan fingerprint density at radius 2 is 2.04 bits per heavy atom. The molecule has 3 saturated carbocycles. The monoisotopic (exact) mass is 364 g/mol. The number of aryl methyl sites for hydroxylation is 1. The Bertz CT molecular complexity index is 854. The molecule has 0 aliphatic heterocycles. The van der Waals surface area contributed by atoms with Crippen molar-refractivity contribution >= 4 is 11.7 Å². The molecule has 0 radical (unpaired) electrons. The fraction of sp³-hybridized carbons (Fsp3) is 0.500. The van der Waals surface area contributed by atoms with E-state index in [1.165, 1.54) is 16.8 Å². The molecule has 2 heterocycles. The first kappa shape index (κ1) is 17.1. The molecule has 26 heavy (non-hydrogen) atoms. The second kappa shape index (κ2) is 5.82. The Morgan fingerprint density at radius 3 is 2.58 bits per heavy atom. The maximum Gasteiger partial charge on any atom is 0.418 e. The zero-order valence-corrected chi connectivity index (χ0v) is 14.4. The Labute approximate surface area is 148 Å². The van der Waals surface area contributed by atoms with E-state index in [2.05, 4.69) is 22.3 Å². The molecule has 3 aliphatic carbocycles. The van der Waals surface area contributed by atoms with E-state index in [4.69, 9.17) is 0 Å². The van der Waals surface area contributed by atoms with Crippen LogP contribution in [-0.4, -0.2) is 20.7 Å². The highest BCUT2D eigenvalue weighted by Crippen LogP contribution is 2.56. The summed E-state index contributed by atoms with van der Waals surface area (Å²) < 4.78 is 41.4. The second-order valence-electron chi connectivity index (χ2n) is 7.35. The van der Waals surface area contributed by atoms with E-state index in [0.29, 0.717) is 17.8 Å². The Kier molecular flexibility index (Phi) is 3.82. The smallest absolute Gasteiger partial charge is 0.310 e. The molecule has 2 bridgehead atoms. The maximum atomic E-state index is 13.3. The molecule has 5 rings (SSSR count). The van der Waals surface area contributed by atoms with Crippen molar-refractivity contribution in [3.8, 4) is 11.3 Å². The van der Waals surface area contributed by atoms with Crippen molar-refractivity contribution in [1.29, 1.82) is 0 Å². The Balaban J connectivity index is 1.64. The highest BCUT2D eigenvalue weighted by Gasteiger charge is 2.52. The highest BCUT2D eigenvalue weighted by atomic mass is 19.4. The van der Waals surface area contributed by atoms with E-state index < -0.39 is 11.7 Å². The molecule has 1 N–H and O–H groups in total. The van der Waals surface area contributed by atoms with Gasteiger partial charge in [0.05, 0.1) is 11.3 Å². The van der Waals surface area contributed by atoms with Crippen molar-refractivity contribution in [3.63, 3.8) is 0 Å². The number of hydrogen-bond acceptors (Lipinski definition) is 3. The molecule has 3 fully saturated rings. The number of nitrogens with zero attached hydrogens (tertiary/aromatic N) is 3. The van der Waals surface area contributed by atoms with Gasteiger partial charge in [0, 0.05) is 30.9 Å². The van der Waals surface area contributed by atoms with Gasteiger partial charge in [0.15, 0.2) is 0 Å². The predicted molar refractivity (Wildman–Crippen MR) is 88.9 cm³/mol. The van der Waals surface area contributed by atoms with Crippen LogP contribution < -0.4 is 5.32 Å². The minimum Gasteiger partial charge on any atom is -0.310 e. The van der Waals surface area contributed by atoms with Crippen molar-refractivity contribution in [1.82, 2.24) is 14.8 Å². The molecule has 0 spiro atoms. The number of carbonyl (C=O) groups is 1. The zero-order chi connectivity index (χ0) is 18.6. The van der Waals surface area contributed by atoms with Crippen LogP contribution in [0.2, 0.25) is 0 Å². The van der Waals surface area contributed by atoms with Crippen LogP contribution in [0, 0.1) is 23.7 Å². The molecule has 2 aromatic heterocycles. The molecule has 138 valence electrons. The van der Waals surface area contributed by atoms with E-state index >= 15 is 0 Å². The Hall–Kier alpha value is -2.38. The van der Waals surface area contributed by atoms with Gasteiger partial charge in [0.1, 0.15) is 5.82 Å². The van der Waals surface area contributed by atoms with E-state index in [1.807, 2.05) is 0 Å². The van der Waals surface area contributed by atoms with Gasteiger partial charge in [-0.25, -0.2) is 4.98 Å². The van der Waals surface area contributed by atoms with Gasteiger partial charge in [-0.1, -0.05) is 6.92 Å². The lowest BCUT2D eigenvalue weighted by atomic mass is 9.82. The van der Waals surface area contributed by atoms with E-state index in [1.54, 1.807) is 13.2 Å². The molecule has 3 aliphatic rings. The number of halogens is 3. The largest absolute Gasteiger partial charge is 0.418 e. The number of rotatable bonds is 3. The lowest BCUT2D eigenvalue weighted by molar-refractivity contribution is -0.137. The third-order valence-electron chi connectivity index (χ3n) is 5.78. The number of amides is 1. The molecule has 0 saturated heterocycles. The van der Waals surface area contributed by atoms with Crippen LogP contribution >= 0.6 is 0 Å². The molecule has 2 atom stereocenters. The summed E-state index contributed by atoms with van der Waals surface area (Å²) in [4.78, 5) is 16.4. The second-order valence-corrected chi connectivity index (χ2v) is 7.35. The minimum atomic E-state index is -4.55. The quantitative estimate of drug-likeness (QED) is 0.903. The summed E-state index contributed by atoms with van der Waals surface area (Å²) in [5.74, 6) is 1.19. The van der Waals surface area contributed by atoms with Crippen LogP contribution in [0.5, 0.6) is 0 Å². The molecule has 1 amide bonds. The molecule has 0 aromatic carbocycles. The molecular weight excluding hydrogens is 345 g/mol. The molecular formula is C18H19F3N4O. The lowest BCUT2D eigenvalue weighted by Gasteiger charge is -2.24. The van der Waals surface area contributed by atoms with E-state index in [9.17, 15) is 18.0 Å². The van der Waals surface area contributed by atoms with E-state index in [-0.39, 0.29) is 28.9 Å². The number of fused-ring (bicyclic) bond motifs is 1. The van der Waals surface area contributed by atoms with Crippen LogP contribution in [0.1, 0.15) is 25.3 Å². The maximum absolute atomic E-state index is 13.3. The van der Waals surface area contributed by atoms with Crippen LogP contribution in [0.15, 0.2) is 24.5 Å². The van der Waals surface area contributed by atoms with Gasteiger partial charge in [-0.3, -0.25) is 9.48 Å². The number of anilines is 1. The molecule has 5 nitrogen and oxygen atoms in total. The first-order valence-electron chi connectivity index (χ1n) is 8.62. The van der Waals surface area contributed by atoms with Gasteiger partial charge in [0.25, 0.3) is 0 Å². The van der Waals surface area contributed by atoms with Crippen molar-refractivity contribution in [2.24, 2.45) is 30.7 Å². The van der Waals surface area contributed by atoms with Crippen LogP contribution in [0.3, 0.4) is 0 Å². The highest BCUT2D eigenvalue weighted by molar-refractivity contribution is 5.93. The minimum absolute atomic E-state index is 0.0811. The number of nitrogens with one attached hydrogen (secondary N) is 1. The van der Waals surface area contributed by atoms with E-state index in [0.717, 1.165) is 19.0 Å². The third kappa shape index (κ3) is 2.77. The summed E-state index contributed by atoms with van der Waals surface area (Å²) in [5, 5.41) is 6.77. The fourth-order valence-corrected chi connectivity index (χ4v) is 4.34. The van der Waals surface area contributed by atoms with Gasteiger partial charge in [-0.05, 0) is 42.7 Å². The number of pyridine rings is 1. The average molecular weight is 364 g/mol. The van der Waals surface area contributed by atoms with Crippen molar-refractivity contribution in [2.75, 3.05) is 5.32 Å². The first-order chi connectivity index (χ1) is 12.2. The zero-order valence-electron chi connectivity index (χ0n) is 14.4. The van der Waals surface area contributed by atoms with Gasteiger partial charge in [-0.2, -0.15) is 18.3 Å². The number of alkyl halides is 3. The number of hydrogen-bond donors (Lipinski definition) is 1. The number of carbonyl (C=O) groups excluding carboxylic acids is 1. The fourth-order valence-electron chi connectivity index (χ4n) is 4.34. The van der Waals surface area contributed by atoms with Gasteiger partial charge in [0.2, 0.25) is 5.91 Å². The van der Waals surface area contributed by atoms with Crippen LogP contribution in [0.25, 0.3) is 11.3 Å². The first-order valence-corrected chi connectivity index (χ1v) is 8.62. The summed E-state index contributed by atoms with van der Waals surface area (Å²) in [5.41, 5.74) is -0.771. The Morgan fingerprint density at radius 1 is 1.31 bits per heavy atom. The van der Waals surface area contributed by atoms with Gasteiger partial charge < -0.3 is 5.32 Å². The van der Waals surface area contributed by atoms with Gasteiger partial charge in [-0.15, -0.1) is 0 Å². The number of aromatic nitrogens is 3. The average Bonchev–Trinajstić information content (AvgIpc) is 3.17. The standard InChI is InChI=1S/C18H19F3N4O/c1-9-10-5-11(6-10)16(9)17(26)23-15-7-12(14-3-4-25(2)24-14)13(8-22-15)18(19,20)21/h3-4,7-11,16H,5-6H2,1-2H3,(H,22,23,26). The third-order valence-corrected chi connectivity index (χ3v) is 5.78. The summed E-state index contributed by atoms with van der Waals surface area (Å²) >= 11 is 0. The summed E-state index contributed by atoms with van der Waals surface area (Å²) in [6.07, 6.45) is -0.0827. The SMILES string of the molecule is CC1C2CC(C2)C1C(=O)Nc1cc(-c2ccn(C)n2)c(C(F)(F)F)cn1. The van der Waals surface area contributed by atoms with Crippen LogP contribution in [0.4, 0.5) is 19.0 Å². The summed E-state index contributed by atoms with van der Waals surface area (Å²) in [7, 11) is 1.63. The van der Waals surface area contributed by atoms with Crippen LogP contribution in [-0.2, 0) is 18.0 Å². The summed E-state index contributed by atoms with van der Waals surface area (Å²) in [6.45, 7) is 2.07.